The van der Waals surface area contributed by atoms with Crippen molar-refractivity contribution in [2.75, 3.05) is 6.61 Å². The molecule has 2 N–H and O–H groups in total. The number of nitriles is 1. The lowest BCUT2D eigenvalue weighted by Gasteiger charge is -2.27. The van der Waals surface area contributed by atoms with Crippen LogP contribution < -0.4 is 9.82 Å². The molecule has 15 heteroatoms. The molecule has 1 saturated carbocycles. The van der Waals surface area contributed by atoms with Crippen molar-refractivity contribution in [1.82, 2.24) is 9.39 Å². The third-order valence-electron chi connectivity index (χ3n) is 8.71. The Morgan fingerprint density at radius 2 is 1.89 bits per heavy atom. The number of hydrogen-bond acceptors (Lipinski definition) is 7. The minimum absolute atomic E-state index is 0.00801. The van der Waals surface area contributed by atoms with Crippen molar-refractivity contribution in [3.05, 3.63) is 142 Å². The van der Waals surface area contributed by atoms with Crippen molar-refractivity contribution in [3.8, 4) is 22.9 Å². The first-order valence-corrected chi connectivity index (χ1v) is 20.1. The number of halogens is 3. The maximum atomic E-state index is 15.7. The van der Waals surface area contributed by atoms with E-state index in [1.807, 2.05) is 5.09 Å². The first kappa shape index (κ1) is 38.9. The average Bonchev–Trinajstić information content (AvgIpc) is 4.09. The lowest BCUT2D eigenvalue weighted by atomic mass is 10.0. The molecule has 10 nitrogen and oxygen atoms in total. The molecule has 2 aliphatic carbocycles. The maximum Gasteiger partial charge on any atom is 0.361 e. The van der Waals surface area contributed by atoms with Crippen molar-refractivity contribution < 1.29 is 40.9 Å². The summed E-state index contributed by atoms with van der Waals surface area (Å²) in [7, 11) is -9.98. The Labute approximate surface area is 316 Å². The summed E-state index contributed by atoms with van der Waals surface area (Å²) in [5.41, 5.74) is -2.19. The molecule has 0 aromatic heterocycles. The number of carbonyl (C=O) groups is 1. The van der Waals surface area contributed by atoms with E-state index in [-0.39, 0.29) is 41.8 Å². The number of esters is 1. The Balaban J connectivity index is 1.26. The van der Waals surface area contributed by atoms with Gasteiger partial charge in [0.25, 0.3) is 0 Å². The second kappa shape index (κ2) is 15.5. The highest BCUT2D eigenvalue weighted by Crippen LogP contribution is 2.61. The predicted molar refractivity (Wildman–Crippen MR) is 196 cm³/mol. The highest BCUT2D eigenvalue weighted by Gasteiger charge is 2.53. The molecule has 6 rings (SSSR count). The van der Waals surface area contributed by atoms with Crippen LogP contribution in [0.2, 0.25) is 5.02 Å². The van der Waals surface area contributed by atoms with Crippen LogP contribution in [0.5, 0.6) is 5.75 Å². The van der Waals surface area contributed by atoms with E-state index in [4.69, 9.17) is 21.1 Å². The number of nitrogens with one attached hydrogen (secondary N) is 1. The zero-order valence-corrected chi connectivity index (χ0v) is 31.2. The zero-order chi connectivity index (χ0) is 38.8. The number of nitrogens with zero attached hydrogens (tertiary/aromatic N) is 2. The molecule has 0 spiro atoms. The summed E-state index contributed by atoms with van der Waals surface area (Å²) in [5, 5.41) is 10.5. The number of hydrogen-bond donors (Lipinski definition) is 2. The summed E-state index contributed by atoms with van der Waals surface area (Å²) in [6, 6.07) is 26.0. The molecule has 3 atom stereocenters. The summed E-state index contributed by atoms with van der Waals surface area (Å²) in [5.74, 6) is -0.296. The van der Waals surface area contributed by atoms with Crippen LogP contribution in [0.25, 0.3) is 11.1 Å². The van der Waals surface area contributed by atoms with Crippen LogP contribution in [0.1, 0.15) is 42.0 Å². The largest absolute Gasteiger partial charge is 0.464 e. The third kappa shape index (κ3) is 8.75. The van der Waals surface area contributed by atoms with Gasteiger partial charge in [0.15, 0.2) is 0 Å². The summed E-state index contributed by atoms with van der Waals surface area (Å²) in [4.78, 5) is 22.7. The topological polar surface area (TPSA) is 146 Å². The lowest BCUT2D eigenvalue weighted by Crippen LogP contribution is -2.37. The van der Waals surface area contributed by atoms with Crippen molar-refractivity contribution in [3.63, 3.8) is 0 Å². The quantitative estimate of drug-likeness (QED) is 0.0658. The van der Waals surface area contributed by atoms with Gasteiger partial charge in [-0.1, -0.05) is 72.3 Å². The van der Waals surface area contributed by atoms with E-state index in [1.54, 1.807) is 54.6 Å². The number of benzene rings is 3. The fraction of sp³-hybridized carbons (Fsp3) is 0.231. The van der Waals surface area contributed by atoms with Crippen molar-refractivity contribution in [2.45, 2.75) is 49.5 Å². The lowest BCUT2D eigenvalue weighted by molar-refractivity contribution is -0.145. The van der Waals surface area contributed by atoms with Crippen LogP contribution in [0.3, 0.4) is 0 Å². The van der Waals surface area contributed by atoms with Gasteiger partial charge >= 0.3 is 19.2 Å². The number of carbonyl (C=O) groups excluding carboxylic acids is 1. The molecule has 0 aliphatic heterocycles. The van der Waals surface area contributed by atoms with Gasteiger partial charge < -0.3 is 14.4 Å². The molecule has 0 bridgehead atoms. The molecule has 0 heterocycles. The smallest absolute Gasteiger partial charge is 0.361 e. The Kier molecular flexibility index (Phi) is 11.1. The van der Waals surface area contributed by atoms with Gasteiger partial charge in [-0.2, -0.15) is 18.3 Å². The molecule has 278 valence electrons. The number of alkyl halides is 2. The van der Waals surface area contributed by atoms with Crippen LogP contribution in [-0.4, -0.2) is 36.2 Å². The molecular weight excluding hydrogens is 759 g/mol. The number of rotatable bonds is 16. The third-order valence-corrected chi connectivity index (χ3v) is 12.6. The second-order valence-electron chi connectivity index (χ2n) is 12.9. The molecule has 1 fully saturated rings. The molecule has 54 heavy (non-hydrogen) atoms. The number of sulfonamides is 1. The van der Waals surface area contributed by atoms with E-state index in [0.717, 1.165) is 28.9 Å². The van der Waals surface area contributed by atoms with Crippen LogP contribution >= 0.6 is 19.1 Å². The Morgan fingerprint density at radius 1 is 1.15 bits per heavy atom. The minimum atomic E-state index is -5.63. The predicted octanol–water partition coefficient (Wildman–Crippen LogP) is 7.87. The molecule has 2 aliphatic rings. The van der Waals surface area contributed by atoms with Crippen molar-refractivity contribution in [1.29, 1.82) is 5.26 Å². The molecule has 4 aromatic rings. The molecule has 2 unspecified atom stereocenters. The van der Waals surface area contributed by atoms with Crippen molar-refractivity contribution >= 4 is 35.1 Å². The van der Waals surface area contributed by atoms with Crippen LogP contribution in [0, 0.1) is 29.4 Å². The van der Waals surface area contributed by atoms with Gasteiger partial charge in [-0.25, -0.2) is 13.5 Å². The second-order valence-corrected chi connectivity index (χ2v) is 17.2. The Hall–Kier alpha value is -4.85. The molecule has 0 radical (unpaired) electrons. The van der Waals surface area contributed by atoms with Crippen LogP contribution in [0.15, 0.2) is 108 Å². The summed E-state index contributed by atoms with van der Waals surface area (Å²) in [6.45, 7) is 4.27. The summed E-state index contributed by atoms with van der Waals surface area (Å²) >= 11 is 6.32. The maximum absolute atomic E-state index is 15.7. The monoisotopic (exact) mass is 791 g/mol. The summed E-state index contributed by atoms with van der Waals surface area (Å²) < 4.78 is 84.9. The van der Waals surface area contributed by atoms with Gasteiger partial charge in [0, 0.05) is 36.6 Å². The van der Waals surface area contributed by atoms with Gasteiger partial charge in [-0.3, -0.25) is 9.36 Å². The van der Waals surface area contributed by atoms with Gasteiger partial charge in [0.1, 0.15) is 22.4 Å². The Bertz CT molecular complexity index is 2350. The minimum Gasteiger partial charge on any atom is -0.464 e. The van der Waals surface area contributed by atoms with E-state index in [1.165, 1.54) is 18.2 Å². The normalized spacial score (nSPS) is 16.7. The molecule has 0 amide bonds. The van der Waals surface area contributed by atoms with E-state index in [2.05, 4.69) is 24.8 Å². The number of ether oxygens (including phenoxy) is 2. The van der Waals surface area contributed by atoms with Crippen molar-refractivity contribution in [2.24, 2.45) is 5.92 Å². The van der Waals surface area contributed by atoms with Crippen LogP contribution in [0.4, 0.5) is 8.78 Å². The fourth-order valence-electron chi connectivity index (χ4n) is 5.41. The molecular formula is C39H33ClF2N3O7PS. The SMILES string of the molecule is C=C1CC1COC(=O)[C@H](C)NP(=O)(O)C(F)(F)c1ccc(CN(Cc2c#cc(-c3cccc(C#N)c3)cc2)S(=O)(=O)c2ccccc2OC2=CC2)cc1Cl. The Morgan fingerprint density at radius 3 is 2.54 bits per heavy atom. The average molecular weight is 792 g/mol. The van der Waals surface area contributed by atoms with Gasteiger partial charge in [-0.15, -0.1) is 0 Å². The number of allylic oxidation sites excluding steroid dienone is 2. The fourth-order valence-corrected chi connectivity index (χ4v) is 8.63. The summed E-state index contributed by atoms with van der Waals surface area (Å²) in [6.07, 6.45) is 3.05. The van der Waals surface area contributed by atoms with E-state index < -0.39 is 45.8 Å². The van der Waals surface area contributed by atoms with E-state index in [0.29, 0.717) is 40.9 Å². The van der Waals surface area contributed by atoms with Gasteiger partial charge in [0.05, 0.1) is 28.8 Å². The van der Waals surface area contributed by atoms with Gasteiger partial charge in [0.2, 0.25) is 10.0 Å². The molecule has 0 saturated heterocycles. The highest BCUT2D eigenvalue weighted by molar-refractivity contribution is 7.89. The first-order valence-electron chi connectivity index (χ1n) is 16.6. The van der Waals surface area contributed by atoms with E-state index in [9.17, 15) is 27.9 Å². The van der Waals surface area contributed by atoms with Crippen LogP contribution in [-0.2, 0) is 42.9 Å². The number of para-hydroxylation sites is 1. The standard InChI is InChI=1S/C39H33ClF2N3O7PS/c1-25-18-32(25)24-51-38(46)26(2)44-53(47,48)39(41,42)34-17-12-29(20-35(34)40)23-45(54(49,50)37-9-4-3-8-36(37)52-33-15-16-33)22-27-10-13-30(14-11-27)31-7-5-6-28(19-31)21-43/h3-10,12-13,15,17,19-20,26,32H,1,16,18,22-24H2,2H3,(H2,44,47,48)/t26-,32?/m0/s1. The zero-order valence-electron chi connectivity index (χ0n) is 28.8. The van der Waals surface area contributed by atoms with E-state index >= 15 is 8.78 Å². The highest BCUT2D eigenvalue weighted by atomic mass is 35.5. The van der Waals surface area contributed by atoms with Gasteiger partial charge in [-0.05, 0) is 73.0 Å². The first-order chi connectivity index (χ1) is 25.6. The molecule has 4 aromatic carbocycles.